The van der Waals surface area contributed by atoms with E-state index >= 15 is 0 Å². The van der Waals surface area contributed by atoms with E-state index in [9.17, 15) is 23.8 Å². The van der Waals surface area contributed by atoms with Crippen LogP contribution in [0.15, 0.2) is 40.9 Å². The van der Waals surface area contributed by atoms with Gasteiger partial charge in [-0.2, -0.15) is 0 Å². The van der Waals surface area contributed by atoms with Gasteiger partial charge in [-0.05, 0) is 17.7 Å². The smallest absolute Gasteiger partial charge is 0.304 e. The molecule has 0 amide bonds. The van der Waals surface area contributed by atoms with Gasteiger partial charge < -0.3 is 4.84 Å². The highest BCUT2D eigenvalue weighted by atomic mass is 32.5. The third kappa shape index (κ3) is 4.97. The monoisotopic (exact) mass is 345 g/mol. The van der Waals surface area contributed by atoms with Crippen LogP contribution in [0.5, 0.6) is 0 Å². The lowest BCUT2D eigenvalue weighted by Crippen LogP contribution is -2.17. The number of hydrogen-bond donors (Lipinski definition) is 0. The molecule has 2 atom stereocenters. The van der Waals surface area contributed by atoms with Crippen molar-refractivity contribution >= 4 is 15.9 Å². The lowest BCUT2D eigenvalue weighted by atomic mass is 9.97. The van der Waals surface area contributed by atoms with Gasteiger partial charge in [-0.15, -0.1) is 0 Å². The molecule has 1 heterocycles. The third-order valence-electron chi connectivity index (χ3n) is 3.10. The topological polar surface area (TPSA) is 21.6 Å². The second-order valence-electron chi connectivity index (χ2n) is 5.11. The maximum atomic E-state index is 12.8. The van der Waals surface area contributed by atoms with E-state index in [1.165, 1.54) is 31.2 Å². The van der Waals surface area contributed by atoms with Gasteiger partial charge in [-0.3, -0.25) is 0 Å². The van der Waals surface area contributed by atoms with E-state index in [-0.39, 0.29) is 6.42 Å². The second-order valence-corrected chi connectivity index (χ2v) is 7.44. The molecule has 2 unspecified atom stereocenters. The first kappa shape index (κ1) is 16.7. The van der Waals surface area contributed by atoms with Gasteiger partial charge >= 0.3 is 10.2 Å². The van der Waals surface area contributed by atoms with Crippen LogP contribution in [0.4, 0.5) is 23.8 Å². The highest BCUT2D eigenvalue weighted by Gasteiger charge is 2.60. The molecule has 0 aromatic heterocycles. The molecule has 1 aromatic rings. The van der Waals surface area contributed by atoms with E-state index < -0.39 is 33.5 Å². The van der Waals surface area contributed by atoms with Gasteiger partial charge in [0, 0.05) is 12.3 Å². The Kier molecular flexibility index (Phi) is 3.55. The van der Waals surface area contributed by atoms with Gasteiger partial charge in [0.05, 0.1) is 11.1 Å². The molecule has 2 rings (SSSR count). The Morgan fingerprint density at radius 1 is 1.18 bits per heavy atom. The maximum Gasteiger partial charge on any atom is 0.304 e. The van der Waals surface area contributed by atoms with Crippen molar-refractivity contribution in [1.82, 2.24) is 0 Å². The van der Waals surface area contributed by atoms with Crippen molar-refractivity contribution in [1.29, 1.82) is 0 Å². The summed E-state index contributed by atoms with van der Waals surface area (Å²) in [6.07, 6.45) is -0.247. The number of hydrogen-bond acceptors (Lipinski definition) is 2. The van der Waals surface area contributed by atoms with Gasteiger partial charge in [0.1, 0.15) is 11.9 Å². The number of rotatable bonds is 4. The second kappa shape index (κ2) is 4.68. The van der Waals surface area contributed by atoms with Crippen LogP contribution < -0.4 is 0 Å². The van der Waals surface area contributed by atoms with E-state index in [2.05, 4.69) is 5.16 Å². The van der Waals surface area contributed by atoms with Crippen LogP contribution in [0.1, 0.15) is 18.9 Å². The Hall–Kier alpha value is -1.64. The van der Waals surface area contributed by atoms with E-state index in [1.54, 1.807) is 0 Å². The summed E-state index contributed by atoms with van der Waals surface area (Å²) in [5, 5.41) is 2.75. The predicted molar refractivity (Wildman–Crippen MR) is 73.9 cm³/mol. The molecule has 0 bridgehead atoms. The fraction of sp³-hybridized carbons (Fsp3) is 0.308. The Labute approximate surface area is 123 Å². The Morgan fingerprint density at radius 2 is 1.77 bits per heavy atom. The molecule has 1 aliphatic heterocycles. The normalized spacial score (nSPS) is 23.6. The van der Waals surface area contributed by atoms with Crippen LogP contribution in [-0.2, 0) is 4.84 Å². The van der Waals surface area contributed by atoms with Crippen molar-refractivity contribution in [3.05, 3.63) is 47.1 Å². The van der Waals surface area contributed by atoms with Crippen molar-refractivity contribution < 1.29 is 28.7 Å². The average molecular weight is 345 g/mol. The molecule has 124 valence electrons. The minimum Gasteiger partial charge on any atom is -0.391 e. The molecule has 1 aliphatic rings. The van der Waals surface area contributed by atoms with Crippen molar-refractivity contribution in [2.24, 2.45) is 11.1 Å². The molecule has 0 spiro atoms. The SMILES string of the molecule is CC(/C=C/S(F)(F)(F)(F)F)C1CC(c2ccc(F)cc2)=NO1. The summed E-state index contributed by atoms with van der Waals surface area (Å²) in [6.45, 7) is 1.33. The lowest BCUT2D eigenvalue weighted by Gasteiger charge is -2.37. The summed E-state index contributed by atoms with van der Waals surface area (Å²) in [7, 11) is -9.57. The fourth-order valence-corrected chi connectivity index (χ4v) is 2.43. The Balaban J connectivity index is 2.03. The zero-order valence-corrected chi connectivity index (χ0v) is 12.2. The van der Waals surface area contributed by atoms with Gasteiger partial charge in [-0.25, -0.2) is 4.39 Å². The van der Waals surface area contributed by atoms with Crippen molar-refractivity contribution in [3.63, 3.8) is 0 Å². The lowest BCUT2D eigenvalue weighted by molar-refractivity contribution is 0.0604. The molecule has 0 saturated heterocycles. The van der Waals surface area contributed by atoms with Crippen LogP contribution in [-0.4, -0.2) is 11.8 Å². The van der Waals surface area contributed by atoms with Crippen LogP contribution in [0, 0.1) is 11.7 Å². The van der Waals surface area contributed by atoms with Gasteiger partial charge in [-0.1, -0.05) is 49.7 Å². The first-order valence-corrected chi connectivity index (χ1v) is 8.26. The molecular formula is C13H13F6NOS. The molecule has 0 aliphatic carbocycles. The van der Waals surface area contributed by atoms with Gasteiger partial charge in [0.15, 0.2) is 0 Å². The van der Waals surface area contributed by atoms with Gasteiger partial charge in [0.25, 0.3) is 0 Å². The number of halogens is 6. The highest BCUT2D eigenvalue weighted by molar-refractivity contribution is 8.48. The largest absolute Gasteiger partial charge is 0.391 e. The minimum atomic E-state index is -9.57. The van der Waals surface area contributed by atoms with E-state index in [1.807, 2.05) is 0 Å². The zero-order chi connectivity index (χ0) is 16.7. The summed E-state index contributed by atoms with van der Waals surface area (Å²) in [5.41, 5.74) is 0.991. The van der Waals surface area contributed by atoms with Crippen LogP contribution >= 0.6 is 10.2 Å². The van der Waals surface area contributed by atoms with Crippen molar-refractivity contribution in [2.45, 2.75) is 19.4 Å². The number of benzene rings is 1. The zero-order valence-electron chi connectivity index (χ0n) is 11.4. The highest BCUT2D eigenvalue weighted by Crippen LogP contribution is 2.99. The summed E-state index contributed by atoms with van der Waals surface area (Å²) in [4.78, 5) is 4.99. The molecule has 0 fully saturated rings. The van der Waals surface area contributed by atoms with Crippen LogP contribution in [0.2, 0.25) is 0 Å². The first-order valence-electron chi connectivity index (χ1n) is 6.25. The van der Waals surface area contributed by atoms with Crippen LogP contribution in [0.3, 0.4) is 0 Å². The molecule has 0 N–H and O–H groups in total. The van der Waals surface area contributed by atoms with E-state index in [0.717, 1.165) is 0 Å². The molecule has 1 aromatic carbocycles. The Bertz CT molecular complexity index is 622. The third-order valence-corrected chi connectivity index (χ3v) is 3.77. The molecule has 0 saturated carbocycles. The quantitative estimate of drug-likeness (QED) is 0.635. The van der Waals surface area contributed by atoms with Crippen molar-refractivity contribution in [3.8, 4) is 0 Å². The summed E-state index contributed by atoms with van der Waals surface area (Å²) < 4.78 is 74.1. The fourth-order valence-electron chi connectivity index (χ4n) is 1.89. The average Bonchev–Trinajstić information content (AvgIpc) is 2.84. The summed E-state index contributed by atoms with van der Waals surface area (Å²) in [6, 6.07) is 5.33. The summed E-state index contributed by atoms with van der Waals surface area (Å²) >= 11 is 0. The van der Waals surface area contributed by atoms with Gasteiger partial charge in [0.2, 0.25) is 0 Å². The summed E-state index contributed by atoms with van der Waals surface area (Å²) in [5.74, 6) is -1.35. The molecule has 2 nitrogen and oxygen atoms in total. The maximum absolute atomic E-state index is 12.8. The van der Waals surface area contributed by atoms with Crippen LogP contribution in [0.25, 0.3) is 0 Å². The van der Waals surface area contributed by atoms with E-state index in [0.29, 0.717) is 17.4 Å². The standard InChI is InChI=1S/C13H13F6NOS/c1-9(6-7-22(15,16,17,18)19)13-8-12(20-21-13)10-2-4-11(14)5-3-10/h2-7,9,13H,8H2,1H3/b7-6+. The predicted octanol–water partition coefficient (Wildman–Crippen LogP) is 5.77. The minimum absolute atomic E-state index is 0.150. The molecule has 0 radical (unpaired) electrons. The molecular weight excluding hydrogens is 332 g/mol. The Morgan fingerprint density at radius 3 is 2.32 bits per heavy atom. The molecule has 9 heteroatoms. The van der Waals surface area contributed by atoms with Crippen molar-refractivity contribution in [2.75, 3.05) is 0 Å². The van der Waals surface area contributed by atoms with E-state index in [4.69, 9.17) is 4.84 Å². The number of nitrogens with zero attached hydrogens (tertiary/aromatic N) is 1. The molecule has 22 heavy (non-hydrogen) atoms. The number of oxime groups is 1. The first-order chi connectivity index (χ1) is 9.83.